The van der Waals surface area contributed by atoms with Crippen molar-refractivity contribution in [3.63, 3.8) is 0 Å². The van der Waals surface area contributed by atoms with E-state index in [1.807, 2.05) is 10.9 Å². The van der Waals surface area contributed by atoms with E-state index in [-0.39, 0.29) is 0 Å². The maximum absolute atomic E-state index is 3.94. The van der Waals surface area contributed by atoms with Crippen LogP contribution in [0.1, 0.15) is 19.3 Å². The molecule has 0 aliphatic carbocycles. The van der Waals surface area contributed by atoms with E-state index >= 15 is 0 Å². The van der Waals surface area contributed by atoms with Crippen LogP contribution in [-0.4, -0.2) is 27.6 Å². The molecule has 0 aromatic carbocycles. The summed E-state index contributed by atoms with van der Waals surface area (Å²) < 4.78 is 1.89. The van der Waals surface area contributed by atoms with Crippen LogP contribution in [-0.2, 0) is 6.54 Å². The van der Waals surface area contributed by atoms with Crippen LogP contribution in [0, 0.1) is 0 Å². The minimum atomic E-state index is 0.598. The first-order valence-corrected chi connectivity index (χ1v) is 4.52. The second-order valence-corrected chi connectivity index (χ2v) is 3.27. The average Bonchev–Trinajstić information content (AvgIpc) is 2.59. The molecule has 0 amide bonds. The van der Waals surface area contributed by atoms with Crippen LogP contribution in [0.5, 0.6) is 0 Å². The number of rotatable bonds is 2. The van der Waals surface area contributed by atoms with Crippen molar-refractivity contribution >= 4 is 0 Å². The van der Waals surface area contributed by atoms with Crippen LogP contribution in [0.25, 0.3) is 0 Å². The van der Waals surface area contributed by atoms with E-state index in [1.54, 1.807) is 6.20 Å². The summed E-state index contributed by atoms with van der Waals surface area (Å²) in [5.74, 6) is 0. The maximum Gasteiger partial charge on any atom is 0.0692 e. The van der Waals surface area contributed by atoms with Crippen LogP contribution in [0.15, 0.2) is 12.4 Å². The zero-order valence-corrected chi connectivity index (χ0v) is 7.11. The van der Waals surface area contributed by atoms with Gasteiger partial charge in [0, 0.05) is 12.2 Å². The lowest BCUT2D eigenvalue weighted by molar-refractivity contribution is 0.348. The lowest BCUT2D eigenvalue weighted by Crippen LogP contribution is -2.37. The largest absolute Gasteiger partial charge is 0.312 e. The summed E-state index contributed by atoms with van der Waals surface area (Å²) in [5, 5.41) is 11.2. The molecule has 12 heavy (non-hydrogen) atoms. The van der Waals surface area contributed by atoms with Crippen LogP contribution in [0.3, 0.4) is 0 Å². The molecular formula is C8H14N4. The van der Waals surface area contributed by atoms with Gasteiger partial charge in [-0.25, -0.2) is 0 Å². The Morgan fingerprint density at radius 3 is 3.17 bits per heavy atom. The lowest BCUT2D eigenvalue weighted by atomic mass is 10.1. The number of piperidine rings is 1. The monoisotopic (exact) mass is 166 g/mol. The molecule has 1 fully saturated rings. The number of hydrogen-bond acceptors (Lipinski definition) is 3. The smallest absolute Gasteiger partial charge is 0.0692 e. The molecule has 1 atom stereocenters. The van der Waals surface area contributed by atoms with E-state index in [9.17, 15) is 0 Å². The van der Waals surface area contributed by atoms with Crippen LogP contribution >= 0.6 is 0 Å². The molecule has 66 valence electrons. The number of hydrogen-bond donors (Lipinski definition) is 1. The zero-order valence-electron chi connectivity index (χ0n) is 7.11. The first-order valence-electron chi connectivity index (χ1n) is 4.52. The molecule has 0 spiro atoms. The minimum absolute atomic E-state index is 0.598. The quantitative estimate of drug-likeness (QED) is 0.692. The summed E-state index contributed by atoms with van der Waals surface area (Å²) in [5.41, 5.74) is 0. The third kappa shape index (κ3) is 1.82. The van der Waals surface area contributed by atoms with Gasteiger partial charge < -0.3 is 5.32 Å². The van der Waals surface area contributed by atoms with Crippen molar-refractivity contribution in [3.8, 4) is 0 Å². The molecule has 1 N–H and O–H groups in total. The van der Waals surface area contributed by atoms with Gasteiger partial charge in [0.25, 0.3) is 0 Å². The predicted octanol–water partition coefficient (Wildman–Crippen LogP) is 0.420. The average molecular weight is 166 g/mol. The standard InChI is InChI=1S/C8H14N4/c1-2-4-9-8(3-1)7-12-6-5-10-11-12/h5-6,8-9H,1-4,7H2/t8-/m0/s1. The van der Waals surface area contributed by atoms with Crippen molar-refractivity contribution in [2.75, 3.05) is 6.54 Å². The van der Waals surface area contributed by atoms with Gasteiger partial charge in [0.2, 0.25) is 0 Å². The first kappa shape index (κ1) is 7.73. The second kappa shape index (κ2) is 3.67. The molecular weight excluding hydrogens is 152 g/mol. The summed E-state index contributed by atoms with van der Waals surface area (Å²) in [4.78, 5) is 0. The molecule has 0 bridgehead atoms. The van der Waals surface area contributed by atoms with Gasteiger partial charge in [-0.3, -0.25) is 4.68 Å². The van der Waals surface area contributed by atoms with Gasteiger partial charge in [-0.1, -0.05) is 11.6 Å². The van der Waals surface area contributed by atoms with E-state index in [2.05, 4.69) is 15.6 Å². The molecule has 4 heteroatoms. The fraction of sp³-hybridized carbons (Fsp3) is 0.750. The molecule has 0 unspecified atom stereocenters. The SMILES string of the molecule is c1cn(C[C@@H]2CCCCN2)nn1. The normalized spacial score (nSPS) is 24.2. The van der Waals surface area contributed by atoms with Crippen molar-refractivity contribution < 1.29 is 0 Å². The van der Waals surface area contributed by atoms with Crippen molar-refractivity contribution in [2.24, 2.45) is 0 Å². The van der Waals surface area contributed by atoms with Gasteiger partial charge in [-0.05, 0) is 19.4 Å². The second-order valence-electron chi connectivity index (χ2n) is 3.27. The Hall–Kier alpha value is -0.900. The van der Waals surface area contributed by atoms with Gasteiger partial charge in [0.1, 0.15) is 0 Å². The van der Waals surface area contributed by atoms with Crippen molar-refractivity contribution in [1.82, 2.24) is 20.3 Å². The van der Waals surface area contributed by atoms with E-state index in [1.165, 1.54) is 19.3 Å². The lowest BCUT2D eigenvalue weighted by Gasteiger charge is -2.22. The Morgan fingerprint density at radius 1 is 1.50 bits per heavy atom. The van der Waals surface area contributed by atoms with E-state index < -0.39 is 0 Å². The van der Waals surface area contributed by atoms with E-state index in [0.29, 0.717) is 6.04 Å². The van der Waals surface area contributed by atoms with Crippen LogP contribution in [0.2, 0.25) is 0 Å². The van der Waals surface area contributed by atoms with Gasteiger partial charge in [0.15, 0.2) is 0 Å². The molecule has 4 nitrogen and oxygen atoms in total. The Labute approximate surface area is 72.0 Å². The first-order chi connectivity index (χ1) is 5.95. The van der Waals surface area contributed by atoms with Crippen molar-refractivity contribution in [2.45, 2.75) is 31.8 Å². The summed E-state index contributed by atoms with van der Waals surface area (Å²) in [6.07, 6.45) is 7.55. The molecule has 0 radical (unpaired) electrons. The minimum Gasteiger partial charge on any atom is -0.312 e. The number of nitrogens with zero attached hydrogens (tertiary/aromatic N) is 3. The van der Waals surface area contributed by atoms with Gasteiger partial charge in [0.05, 0.1) is 12.7 Å². The maximum atomic E-state index is 3.94. The summed E-state index contributed by atoms with van der Waals surface area (Å²) in [6.45, 7) is 2.11. The molecule has 2 heterocycles. The highest BCUT2D eigenvalue weighted by Gasteiger charge is 2.12. The molecule has 1 aromatic heterocycles. The van der Waals surface area contributed by atoms with E-state index in [4.69, 9.17) is 0 Å². The Kier molecular flexibility index (Phi) is 2.36. The highest BCUT2D eigenvalue weighted by Crippen LogP contribution is 2.07. The number of nitrogens with one attached hydrogen (secondary N) is 1. The summed E-state index contributed by atoms with van der Waals surface area (Å²) >= 11 is 0. The summed E-state index contributed by atoms with van der Waals surface area (Å²) in [7, 11) is 0. The molecule has 1 saturated heterocycles. The third-order valence-corrected chi connectivity index (χ3v) is 2.29. The van der Waals surface area contributed by atoms with Crippen LogP contribution in [0.4, 0.5) is 0 Å². The molecule has 1 aliphatic rings. The number of aromatic nitrogens is 3. The Balaban J connectivity index is 1.86. The topological polar surface area (TPSA) is 42.7 Å². The predicted molar refractivity (Wildman–Crippen MR) is 45.7 cm³/mol. The van der Waals surface area contributed by atoms with E-state index in [0.717, 1.165) is 13.1 Å². The fourth-order valence-corrected chi connectivity index (χ4v) is 1.64. The molecule has 0 saturated carbocycles. The van der Waals surface area contributed by atoms with Crippen molar-refractivity contribution in [1.29, 1.82) is 0 Å². The van der Waals surface area contributed by atoms with Gasteiger partial charge in [-0.15, -0.1) is 5.10 Å². The summed E-state index contributed by atoms with van der Waals surface area (Å²) in [6, 6.07) is 0.598. The highest BCUT2D eigenvalue weighted by molar-refractivity contribution is 4.74. The highest BCUT2D eigenvalue weighted by atomic mass is 15.4. The fourth-order valence-electron chi connectivity index (χ4n) is 1.64. The Bertz CT molecular complexity index is 213. The van der Waals surface area contributed by atoms with Crippen molar-refractivity contribution in [3.05, 3.63) is 12.4 Å². The molecule has 1 aromatic rings. The van der Waals surface area contributed by atoms with Crippen LogP contribution < -0.4 is 5.32 Å². The molecule has 2 rings (SSSR count). The third-order valence-electron chi connectivity index (χ3n) is 2.29. The van der Waals surface area contributed by atoms with Gasteiger partial charge in [-0.2, -0.15) is 0 Å². The zero-order chi connectivity index (χ0) is 8.23. The Morgan fingerprint density at radius 2 is 2.50 bits per heavy atom. The molecule has 1 aliphatic heterocycles. The van der Waals surface area contributed by atoms with Gasteiger partial charge >= 0.3 is 0 Å².